The maximum atomic E-state index is 4.46. The van der Waals surface area contributed by atoms with Gasteiger partial charge in [0, 0.05) is 18.5 Å². The van der Waals surface area contributed by atoms with E-state index in [-0.39, 0.29) is 0 Å². The number of imidazole rings is 1. The van der Waals surface area contributed by atoms with Gasteiger partial charge in [0.05, 0.1) is 17.4 Å². The number of benzene rings is 1. The smallest absolute Gasteiger partial charge is 0.0958 e. The van der Waals surface area contributed by atoms with Gasteiger partial charge in [0.25, 0.3) is 0 Å². The average molecular weight is 215 g/mol. The van der Waals surface area contributed by atoms with Crippen molar-refractivity contribution in [3.8, 4) is 0 Å². The summed E-state index contributed by atoms with van der Waals surface area (Å²) >= 11 is 0. The monoisotopic (exact) mass is 215 g/mol. The molecule has 2 atom stereocenters. The van der Waals surface area contributed by atoms with Gasteiger partial charge in [-0.05, 0) is 25.7 Å². The minimum Gasteiger partial charge on any atom is -0.329 e. The number of likely N-dealkylation sites (N-methyl/N-ethyl adjacent to an activating group) is 1. The van der Waals surface area contributed by atoms with E-state index >= 15 is 0 Å². The molecule has 16 heavy (non-hydrogen) atoms. The van der Waals surface area contributed by atoms with Crippen molar-refractivity contribution >= 4 is 11.0 Å². The summed E-state index contributed by atoms with van der Waals surface area (Å²) in [6.45, 7) is 3.36. The molecule has 0 saturated carbocycles. The Morgan fingerprint density at radius 1 is 1.38 bits per heavy atom. The highest BCUT2D eigenvalue weighted by molar-refractivity contribution is 5.80. The SMILES string of the molecule is CC1c2cccc3ncn(c23)CC1N(C)C. The van der Waals surface area contributed by atoms with Crippen LogP contribution in [0.25, 0.3) is 11.0 Å². The fraction of sp³-hybridized carbons (Fsp3) is 0.462. The van der Waals surface area contributed by atoms with Crippen molar-refractivity contribution in [1.29, 1.82) is 0 Å². The van der Waals surface area contributed by atoms with Crippen LogP contribution in [0.1, 0.15) is 18.4 Å². The third-order valence-corrected chi connectivity index (χ3v) is 3.78. The summed E-state index contributed by atoms with van der Waals surface area (Å²) in [6, 6.07) is 7.01. The van der Waals surface area contributed by atoms with E-state index in [2.05, 4.69) is 53.7 Å². The zero-order valence-electron chi connectivity index (χ0n) is 10.0. The molecule has 3 rings (SSSR count). The first-order valence-electron chi connectivity index (χ1n) is 5.78. The van der Waals surface area contributed by atoms with E-state index in [1.54, 1.807) is 0 Å². The molecule has 1 aliphatic rings. The van der Waals surface area contributed by atoms with Crippen molar-refractivity contribution in [3.05, 3.63) is 30.1 Å². The average Bonchev–Trinajstić information content (AvgIpc) is 2.67. The second-order valence-corrected chi connectivity index (χ2v) is 4.93. The number of para-hydroxylation sites is 1. The molecule has 1 aromatic carbocycles. The molecule has 84 valence electrons. The summed E-state index contributed by atoms with van der Waals surface area (Å²) in [6.07, 6.45) is 1.97. The van der Waals surface area contributed by atoms with Crippen LogP contribution in [-0.4, -0.2) is 34.6 Å². The molecule has 2 heterocycles. The van der Waals surface area contributed by atoms with Crippen LogP contribution in [0.3, 0.4) is 0 Å². The Kier molecular flexibility index (Phi) is 2.04. The van der Waals surface area contributed by atoms with Gasteiger partial charge in [0.1, 0.15) is 0 Å². The van der Waals surface area contributed by atoms with Crippen molar-refractivity contribution in [2.24, 2.45) is 0 Å². The Morgan fingerprint density at radius 2 is 2.19 bits per heavy atom. The number of hydrogen-bond donors (Lipinski definition) is 0. The predicted molar refractivity (Wildman–Crippen MR) is 65.6 cm³/mol. The molecule has 0 N–H and O–H groups in total. The first kappa shape index (κ1) is 9.85. The Balaban J connectivity index is 2.22. The Morgan fingerprint density at radius 3 is 2.94 bits per heavy atom. The summed E-state index contributed by atoms with van der Waals surface area (Å²) < 4.78 is 2.29. The van der Waals surface area contributed by atoms with Crippen LogP contribution in [0, 0.1) is 0 Å². The lowest BCUT2D eigenvalue weighted by molar-refractivity contribution is 0.228. The molecule has 0 radical (unpaired) electrons. The van der Waals surface area contributed by atoms with Crippen LogP contribution in [0.15, 0.2) is 24.5 Å². The second kappa shape index (κ2) is 3.32. The number of hydrogen-bond acceptors (Lipinski definition) is 2. The maximum Gasteiger partial charge on any atom is 0.0958 e. The Hall–Kier alpha value is -1.35. The van der Waals surface area contributed by atoms with E-state index in [0.717, 1.165) is 12.1 Å². The third kappa shape index (κ3) is 1.21. The van der Waals surface area contributed by atoms with E-state index in [0.29, 0.717) is 12.0 Å². The van der Waals surface area contributed by atoms with Gasteiger partial charge in [-0.3, -0.25) is 0 Å². The Bertz CT molecular complexity index is 527. The van der Waals surface area contributed by atoms with E-state index in [1.807, 2.05) is 6.33 Å². The lowest BCUT2D eigenvalue weighted by Gasteiger charge is -2.35. The van der Waals surface area contributed by atoms with Crippen molar-refractivity contribution in [3.63, 3.8) is 0 Å². The van der Waals surface area contributed by atoms with E-state index in [1.165, 1.54) is 11.1 Å². The van der Waals surface area contributed by atoms with Gasteiger partial charge in [-0.1, -0.05) is 19.1 Å². The summed E-state index contributed by atoms with van der Waals surface area (Å²) in [5.41, 5.74) is 3.88. The molecule has 2 unspecified atom stereocenters. The first-order chi connectivity index (χ1) is 7.68. The van der Waals surface area contributed by atoms with E-state index < -0.39 is 0 Å². The summed E-state index contributed by atoms with van der Waals surface area (Å²) in [5.74, 6) is 0.572. The van der Waals surface area contributed by atoms with E-state index in [9.17, 15) is 0 Å². The van der Waals surface area contributed by atoms with Gasteiger partial charge in [0.2, 0.25) is 0 Å². The number of rotatable bonds is 1. The fourth-order valence-corrected chi connectivity index (χ4v) is 2.84. The van der Waals surface area contributed by atoms with Crippen LogP contribution in [0.4, 0.5) is 0 Å². The van der Waals surface area contributed by atoms with Crippen LogP contribution in [0.5, 0.6) is 0 Å². The van der Waals surface area contributed by atoms with Gasteiger partial charge in [-0.25, -0.2) is 4.98 Å². The van der Waals surface area contributed by atoms with Gasteiger partial charge in [0.15, 0.2) is 0 Å². The fourth-order valence-electron chi connectivity index (χ4n) is 2.84. The van der Waals surface area contributed by atoms with E-state index in [4.69, 9.17) is 0 Å². The van der Waals surface area contributed by atoms with Crippen LogP contribution in [-0.2, 0) is 6.54 Å². The normalized spacial score (nSPS) is 24.2. The number of nitrogens with zero attached hydrogens (tertiary/aromatic N) is 3. The highest BCUT2D eigenvalue weighted by Gasteiger charge is 2.28. The Labute approximate surface area is 95.7 Å². The zero-order valence-corrected chi connectivity index (χ0v) is 10.0. The predicted octanol–water partition coefficient (Wildman–Crippen LogP) is 2.08. The van der Waals surface area contributed by atoms with Crippen LogP contribution < -0.4 is 0 Å². The molecular weight excluding hydrogens is 198 g/mol. The number of aromatic nitrogens is 2. The van der Waals surface area contributed by atoms with Gasteiger partial charge >= 0.3 is 0 Å². The summed E-state index contributed by atoms with van der Waals surface area (Å²) in [5, 5.41) is 0. The standard InChI is InChI=1S/C13H17N3/c1-9-10-5-4-6-11-13(10)16(8-14-11)7-12(9)15(2)3/h4-6,8-9,12H,7H2,1-3H3. The molecule has 2 aromatic rings. The van der Waals surface area contributed by atoms with Gasteiger partial charge in [-0.15, -0.1) is 0 Å². The summed E-state index contributed by atoms with van der Waals surface area (Å²) in [7, 11) is 4.31. The molecule has 0 amide bonds. The van der Waals surface area contributed by atoms with Crippen LogP contribution in [0.2, 0.25) is 0 Å². The minimum absolute atomic E-state index is 0.562. The first-order valence-corrected chi connectivity index (χ1v) is 5.78. The highest BCUT2D eigenvalue weighted by Crippen LogP contribution is 2.33. The molecule has 0 saturated heterocycles. The zero-order chi connectivity index (χ0) is 11.3. The minimum atomic E-state index is 0.562. The van der Waals surface area contributed by atoms with Crippen molar-refractivity contribution in [2.45, 2.75) is 25.4 Å². The highest BCUT2D eigenvalue weighted by atomic mass is 15.2. The summed E-state index contributed by atoms with van der Waals surface area (Å²) in [4.78, 5) is 6.77. The molecule has 0 fully saturated rings. The van der Waals surface area contributed by atoms with Crippen molar-refractivity contribution < 1.29 is 0 Å². The molecule has 1 aromatic heterocycles. The van der Waals surface area contributed by atoms with Crippen LogP contribution >= 0.6 is 0 Å². The molecule has 3 heteroatoms. The van der Waals surface area contributed by atoms with Crippen molar-refractivity contribution in [2.75, 3.05) is 14.1 Å². The molecule has 0 bridgehead atoms. The molecule has 0 spiro atoms. The largest absolute Gasteiger partial charge is 0.329 e. The molecular formula is C13H17N3. The lowest BCUT2D eigenvalue weighted by atomic mass is 9.89. The topological polar surface area (TPSA) is 21.1 Å². The van der Waals surface area contributed by atoms with Crippen molar-refractivity contribution in [1.82, 2.24) is 14.5 Å². The quantitative estimate of drug-likeness (QED) is 0.726. The third-order valence-electron chi connectivity index (χ3n) is 3.78. The lowest BCUT2D eigenvalue weighted by Crippen LogP contribution is -2.39. The maximum absolute atomic E-state index is 4.46. The van der Waals surface area contributed by atoms with Gasteiger partial charge < -0.3 is 9.47 Å². The molecule has 1 aliphatic heterocycles. The second-order valence-electron chi connectivity index (χ2n) is 4.93. The molecule has 3 nitrogen and oxygen atoms in total. The van der Waals surface area contributed by atoms with Gasteiger partial charge in [-0.2, -0.15) is 0 Å². The molecule has 0 aliphatic carbocycles.